The van der Waals surface area contributed by atoms with Crippen LogP contribution in [0, 0.1) is 5.92 Å². The molecule has 0 spiro atoms. The van der Waals surface area contributed by atoms with Crippen LogP contribution in [0.5, 0.6) is 11.5 Å². The highest BCUT2D eigenvalue weighted by molar-refractivity contribution is 6.00. The third-order valence-corrected chi connectivity index (χ3v) is 6.38. The van der Waals surface area contributed by atoms with Crippen LogP contribution in [0.4, 0.5) is 5.82 Å². The van der Waals surface area contributed by atoms with Crippen LogP contribution in [0.15, 0.2) is 79.8 Å². The number of benzene rings is 2. The third-order valence-electron chi connectivity index (χ3n) is 6.38. The summed E-state index contributed by atoms with van der Waals surface area (Å²) in [6.07, 6.45) is 6.91. The molecule has 1 fully saturated rings. The number of aromatic nitrogens is 3. The molecule has 0 saturated carbocycles. The lowest BCUT2D eigenvalue weighted by molar-refractivity contribution is -0.127. The van der Waals surface area contributed by atoms with E-state index < -0.39 is 0 Å². The summed E-state index contributed by atoms with van der Waals surface area (Å²) in [6.45, 7) is 5.91. The van der Waals surface area contributed by atoms with Gasteiger partial charge in [0.1, 0.15) is 29.3 Å². The van der Waals surface area contributed by atoms with E-state index in [1.165, 1.54) is 12.4 Å². The largest absolute Gasteiger partial charge is 0.457 e. The van der Waals surface area contributed by atoms with Crippen molar-refractivity contribution < 1.29 is 9.53 Å². The molecule has 0 aliphatic carbocycles. The first-order chi connectivity index (χ1) is 16.6. The van der Waals surface area contributed by atoms with Gasteiger partial charge in [0, 0.05) is 31.4 Å². The predicted molar refractivity (Wildman–Crippen MR) is 133 cm³/mol. The fraction of sp³-hybridized carbons (Fsp3) is 0.222. The molecule has 2 aromatic carbocycles. The van der Waals surface area contributed by atoms with Gasteiger partial charge in [-0.2, -0.15) is 0 Å². The molecule has 3 heterocycles. The van der Waals surface area contributed by atoms with Crippen molar-refractivity contribution in [3.63, 3.8) is 0 Å². The van der Waals surface area contributed by atoms with Gasteiger partial charge in [0.05, 0.1) is 5.39 Å². The maximum absolute atomic E-state index is 11.9. The molecule has 4 aromatic rings. The Bertz CT molecular complexity index is 1310. The molecular weight excluding hydrogens is 426 g/mol. The Morgan fingerprint density at radius 1 is 1.06 bits per heavy atom. The van der Waals surface area contributed by atoms with E-state index in [1.54, 1.807) is 0 Å². The zero-order valence-electron chi connectivity index (χ0n) is 18.9. The monoisotopic (exact) mass is 453 g/mol. The quantitative estimate of drug-likeness (QED) is 0.420. The standard InChI is InChI=1S/C27H27N5O2/c1-2-24(33)31-14-12-19(13-15-31)16-32-17-23(25-26(28)29-18-30-27(25)32)20-8-10-22(11-9-20)34-21-6-4-3-5-7-21/h2-11,17-19H,1,12-16H2,(H2,28,29,30). The Balaban J connectivity index is 1.39. The van der Waals surface area contributed by atoms with Crippen LogP contribution in [-0.2, 0) is 11.3 Å². The van der Waals surface area contributed by atoms with E-state index in [1.807, 2.05) is 59.5 Å². The summed E-state index contributed by atoms with van der Waals surface area (Å²) >= 11 is 0. The van der Waals surface area contributed by atoms with Crippen LogP contribution in [0.3, 0.4) is 0 Å². The Labute approximate surface area is 198 Å². The van der Waals surface area contributed by atoms with Crippen LogP contribution >= 0.6 is 0 Å². The Morgan fingerprint density at radius 3 is 2.47 bits per heavy atom. The van der Waals surface area contributed by atoms with E-state index in [0.29, 0.717) is 11.7 Å². The number of carbonyl (C=O) groups is 1. The molecule has 5 rings (SSSR count). The van der Waals surface area contributed by atoms with Gasteiger partial charge >= 0.3 is 0 Å². The van der Waals surface area contributed by atoms with E-state index in [2.05, 4.69) is 27.3 Å². The van der Waals surface area contributed by atoms with Crippen molar-refractivity contribution >= 4 is 22.8 Å². The molecule has 2 N–H and O–H groups in total. The van der Waals surface area contributed by atoms with E-state index >= 15 is 0 Å². The maximum Gasteiger partial charge on any atom is 0.245 e. The summed E-state index contributed by atoms with van der Waals surface area (Å²) < 4.78 is 8.10. The summed E-state index contributed by atoms with van der Waals surface area (Å²) in [5.41, 5.74) is 9.15. The molecular formula is C27H27N5O2. The van der Waals surface area contributed by atoms with E-state index in [4.69, 9.17) is 10.5 Å². The minimum Gasteiger partial charge on any atom is -0.457 e. The Kier molecular flexibility index (Phi) is 5.99. The van der Waals surface area contributed by atoms with Gasteiger partial charge in [-0.15, -0.1) is 0 Å². The summed E-state index contributed by atoms with van der Waals surface area (Å²) in [4.78, 5) is 22.6. The van der Waals surface area contributed by atoms with Gasteiger partial charge < -0.3 is 19.9 Å². The molecule has 0 unspecified atom stereocenters. The second-order valence-electron chi connectivity index (χ2n) is 8.56. The Hall–Kier alpha value is -4.13. The minimum atomic E-state index is 0.00681. The summed E-state index contributed by atoms with van der Waals surface area (Å²) in [5, 5.41) is 0.860. The number of hydrogen-bond acceptors (Lipinski definition) is 5. The highest BCUT2D eigenvalue weighted by Crippen LogP contribution is 2.35. The number of fused-ring (bicyclic) bond motifs is 1. The molecule has 1 aliphatic heterocycles. The van der Waals surface area contributed by atoms with Gasteiger partial charge in [0.2, 0.25) is 5.91 Å². The van der Waals surface area contributed by atoms with Gasteiger partial charge in [0.15, 0.2) is 0 Å². The third kappa shape index (κ3) is 4.37. The molecule has 7 nitrogen and oxygen atoms in total. The number of hydrogen-bond donors (Lipinski definition) is 1. The van der Waals surface area contributed by atoms with Crippen molar-refractivity contribution in [2.24, 2.45) is 5.92 Å². The topological polar surface area (TPSA) is 86.3 Å². The number of amides is 1. The zero-order chi connectivity index (χ0) is 23.5. The first kappa shape index (κ1) is 21.7. The van der Waals surface area contributed by atoms with Gasteiger partial charge in [-0.05, 0) is 54.7 Å². The van der Waals surface area contributed by atoms with Crippen molar-refractivity contribution in [2.45, 2.75) is 19.4 Å². The number of nitrogen functional groups attached to an aromatic ring is 1. The van der Waals surface area contributed by atoms with Crippen LogP contribution in [0.2, 0.25) is 0 Å². The van der Waals surface area contributed by atoms with Gasteiger partial charge in [-0.3, -0.25) is 4.79 Å². The summed E-state index contributed by atoms with van der Waals surface area (Å²) in [7, 11) is 0. The normalized spacial score (nSPS) is 14.3. The molecule has 0 bridgehead atoms. The Morgan fingerprint density at radius 2 is 1.76 bits per heavy atom. The fourth-order valence-corrected chi connectivity index (χ4v) is 4.58. The lowest BCUT2D eigenvalue weighted by Gasteiger charge is -2.31. The maximum atomic E-state index is 11.9. The number of nitrogens with two attached hydrogens (primary N) is 1. The number of rotatable bonds is 6. The number of carbonyl (C=O) groups excluding carboxylic acids is 1. The van der Waals surface area contributed by atoms with E-state index in [0.717, 1.165) is 66.1 Å². The van der Waals surface area contributed by atoms with E-state index in [-0.39, 0.29) is 5.91 Å². The number of anilines is 1. The number of ether oxygens (including phenoxy) is 1. The summed E-state index contributed by atoms with van der Waals surface area (Å²) in [6, 6.07) is 17.7. The lowest BCUT2D eigenvalue weighted by Crippen LogP contribution is -2.38. The average Bonchev–Trinajstić information content (AvgIpc) is 3.24. The minimum absolute atomic E-state index is 0.00681. The molecule has 1 amide bonds. The predicted octanol–water partition coefficient (Wildman–Crippen LogP) is 4.90. The molecule has 1 saturated heterocycles. The SMILES string of the molecule is C=CC(=O)N1CCC(Cn2cc(-c3ccc(Oc4ccccc4)cc3)c3c(N)ncnc32)CC1. The van der Waals surface area contributed by atoms with Crippen LogP contribution in [-0.4, -0.2) is 38.4 Å². The van der Waals surface area contributed by atoms with Crippen LogP contribution in [0.1, 0.15) is 12.8 Å². The smallest absolute Gasteiger partial charge is 0.245 e. The molecule has 7 heteroatoms. The lowest BCUT2D eigenvalue weighted by atomic mass is 9.96. The van der Waals surface area contributed by atoms with Crippen molar-refractivity contribution in [2.75, 3.05) is 18.8 Å². The zero-order valence-corrected chi connectivity index (χ0v) is 18.9. The first-order valence-electron chi connectivity index (χ1n) is 11.5. The van der Waals surface area contributed by atoms with Gasteiger partial charge in [0.25, 0.3) is 0 Å². The van der Waals surface area contributed by atoms with Crippen molar-refractivity contribution in [1.82, 2.24) is 19.4 Å². The molecule has 34 heavy (non-hydrogen) atoms. The van der Waals surface area contributed by atoms with Crippen LogP contribution in [0.25, 0.3) is 22.2 Å². The number of nitrogens with zero attached hydrogens (tertiary/aromatic N) is 4. The van der Waals surface area contributed by atoms with E-state index in [9.17, 15) is 4.79 Å². The second kappa shape index (κ2) is 9.39. The van der Waals surface area contributed by atoms with Crippen LogP contribution < -0.4 is 10.5 Å². The fourth-order valence-electron chi connectivity index (χ4n) is 4.58. The second-order valence-corrected chi connectivity index (χ2v) is 8.56. The number of para-hydroxylation sites is 1. The molecule has 172 valence electrons. The average molecular weight is 454 g/mol. The van der Waals surface area contributed by atoms with Crippen molar-refractivity contribution in [3.8, 4) is 22.6 Å². The van der Waals surface area contributed by atoms with Crippen molar-refractivity contribution in [3.05, 3.63) is 79.8 Å². The highest BCUT2D eigenvalue weighted by atomic mass is 16.5. The summed E-state index contributed by atoms with van der Waals surface area (Å²) in [5.74, 6) is 2.49. The number of piperidine rings is 1. The van der Waals surface area contributed by atoms with Gasteiger partial charge in [-0.1, -0.05) is 36.9 Å². The molecule has 0 radical (unpaired) electrons. The van der Waals surface area contributed by atoms with Crippen molar-refractivity contribution in [1.29, 1.82) is 0 Å². The molecule has 0 atom stereocenters. The molecule has 2 aromatic heterocycles. The highest BCUT2D eigenvalue weighted by Gasteiger charge is 2.23. The van der Waals surface area contributed by atoms with Gasteiger partial charge in [-0.25, -0.2) is 9.97 Å². The first-order valence-corrected chi connectivity index (χ1v) is 11.5. The number of likely N-dealkylation sites (tertiary alicyclic amines) is 1. The molecule has 1 aliphatic rings.